The van der Waals surface area contributed by atoms with E-state index in [1.807, 2.05) is 12.2 Å². The molecule has 0 aromatic rings. The van der Waals surface area contributed by atoms with Gasteiger partial charge in [-0.15, -0.1) is 0 Å². The van der Waals surface area contributed by atoms with Crippen LogP contribution in [-0.2, 0) is 23.8 Å². The molecule has 2 aliphatic carbocycles. The van der Waals surface area contributed by atoms with E-state index < -0.39 is 5.92 Å². The maximum atomic E-state index is 13.4. The Bertz CT molecular complexity index is 811. The van der Waals surface area contributed by atoms with Crippen LogP contribution in [-0.4, -0.2) is 36.4 Å². The molecular weight excluding hydrogens is 428 g/mol. The maximum Gasteiger partial charge on any atom is 0.331 e. The first kappa shape index (κ1) is 25.5. The number of carbonyl (C=O) groups is 2. The molecule has 0 aromatic heterocycles. The lowest BCUT2D eigenvalue weighted by Crippen LogP contribution is -2.39. The van der Waals surface area contributed by atoms with E-state index in [4.69, 9.17) is 14.2 Å². The Balaban J connectivity index is 1.47. The molecule has 2 aliphatic heterocycles. The number of rotatable bonds is 6. The van der Waals surface area contributed by atoms with Gasteiger partial charge in [-0.25, -0.2) is 4.79 Å². The molecule has 9 atom stereocenters. The van der Waals surface area contributed by atoms with Gasteiger partial charge < -0.3 is 14.2 Å². The van der Waals surface area contributed by atoms with Crippen molar-refractivity contribution in [2.24, 2.45) is 41.4 Å². The minimum Gasteiger partial charge on any atom is -0.462 e. The van der Waals surface area contributed by atoms with Crippen LogP contribution in [0, 0.1) is 41.4 Å². The van der Waals surface area contributed by atoms with Gasteiger partial charge in [0.2, 0.25) is 0 Å². The highest BCUT2D eigenvalue weighted by molar-refractivity contribution is 5.87. The Morgan fingerprint density at radius 3 is 2.00 bits per heavy atom. The van der Waals surface area contributed by atoms with Gasteiger partial charge in [0.25, 0.3) is 0 Å². The number of fused-ring (bicyclic) bond motifs is 2. The van der Waals surface area contributed by atoms with E-state index in [1.165, 1.54) is 18.9 Å². The van der Waals surface area contributed by atoms with Crippen molar-refractivity contribution in [1.29, 1.82) is 0 Å². The minimum absolute atomic E-state index is 0.0657. The summed E-state index contributed by atoms with van der Waals surface area (Å²) in [4.78, 5) is 26.4. The smallest absolute Gasteiger partial charge is 0.331 e. The first-order chi connectivity index (χ1) is 16.1. The third-order valence-corrected chi connectivity index (χ3v) is 8.79. The van der Waals surface area contributed by atoms with Gasteiger partial charge in [-0.1, -0.05) is 66.5 Å². The van der Waals surface area contributed by atoms with E-state index >= 15 is 0 Å². The average molecular weight is 473 g/mol. The molecule has 0 radical (unpaired) electrons. The van der Waals surface area contributed by atoms with Gasteiger partial charge in [-0.3, -0.25) is 4.79 Å². The maximum absolute atomic E-state index is 13.4. The highest BCUT2D eigenvalue weighted by Crippen LogP contribution is 2.42. The predicted molar refractivity (Wildman–Crippen MR) is 132 cm³/mol. The third kappa shape index (κ3) is 5.45. The van der Waals surface area contributed by atoms with E-state index in [0.717, 1.165) is 25.7 Å². The van der Waals surface area contributed by atoms with Crippen LogP contribution in [0.5, 0.6) is 0 Å². The van der Waals surface area contributed by atoms with Crippen molar-refractivity contribution in [3.8, 4) is 0 Å². The van der Waals surface area contributed by atoms with E-state index in [9.17, 15) is 9.59 Å². The van der Waals surface area contributed by atoms with Crippen LogP contribution in [0.2, 0.25) is 0 Å². The number of esters is 2. The van der Waals surface area contributed by atoms with Gasteiger partial charge in [-0.05, 0) is 66.8 Å². The van der Waals surface area contributed by atoms with Crippen LogP contribution in [0.25, 0.3) is 0 Å². The lowest BCUT2D eigenvalue weighted by Gasteiger charge is -2.37. The highest BCUT2D eigenvalue weighted by Gasteiger charge is 2.48. The van der Waals surface area contributed by atoms with Crippen molar-refractivity contribution in [3.63, 3.8) is 0 Å². The number of hydrogen-bond donors (Lipinski definition) is 0. The summed E-state index contributed by atoms with van der Waals surface area (Å²) >= 11 is 0. The van der Waals surface area contributed by atoms with Gasteiger partial charge in [0, 0.05) is 6.08 Å². The fraction of sp³-hybridized carbons (Fsp3) is 0.793. The standard InChI is InChI=1S/C29H44O5/c1-16(2)20-9-7-18(5)13-25(20)33-27(30)15-22-23-11-12-24(32-23)28(22)29(31)34-26-14-19(6)8-10-21(26)17(3)4/h11-12,15-21,23-26,28H,7-10,13-14H2,1-6H3/t18-,19-,20+,21+,23+,24-,25-,26-,28?/m1/s1. The number of carbonyl (C=O) groups excluding carboxylic acids is 2. The van der Waals surface area contributed by atoms with Crippen molar-refractivity contribution >= 4 is 11.9 Å². The lowest BCUT2D eigenvalue weighted by molar-refractivity contribution is -0.160. The zero-order valence-corrected chi connectivity index (χ0v) is 21.9. The third-order valence-electron chi connectivity index (χ3n) is 8.79. The first-order valence-corrected chi connectivity index (χ1v) is 13.6. The summed E-state index contributed by atoms with van der Waals surface area (Å²) in [5, 5.41) is 0. The van der Waals surface area contributed by atoms with E-state index in [2.05, 4.69) is 41.5 Å². The molecular formula is C29H44O5. The molecule has 34 heavy (non-hydrogen) atoms. The van der Waals surface area contributed by atoms with Crippen molar-refractivity contribution in [2.75, 3.05) is 0 Å². The second-order valence-electron chi connectivity index (χ2n) is 12.1. The van der Waals surface area contributed by atoms with E-state index in [1.54, 1.807) is 0 Å². The van der Waals surface area contributed by atoms with Crippen molar-refractivity contribution in [2.45, 2.75) is 104 Å². The Hall–Kier alpha value is -1.62. The second-order valence-corrected chi connectivity index (χ2v) is 12.1. The molecule has 1 unspecified atom stereocenters. The molecule has 0 spiro atoms. The lowest BCUT2D eigenvalue weighted by atomic mass is 9.75. The van der Waals surface area contributed by atoms with Crippen molar-refractivity contribution in [1.82, 2.24) is 0 Å². The van der Waals surface area contributed by atoms with Crippen molar-refractivity contribution in [3.05, 3.63) is 23.8 Å². The SMILES string of the molecule is CC(C)[C@@H]1CC[C@@H](C)C[C@H]1OC(=O)C=C1C(C(=O)O[C@@H]2C[C@H](C)CC[C@H]2C(C)C)[C@H]2C=C[C@@H]1O2. The minimum atomic E-state index is -0.557. The Labute approximate surface area is 205 Å². The van der Waals surface area contributed by atoms with Crippen LogP contribution >= 0.6 is 0 Å². The Kier molecular flexibility index (Phi) is 7.91. The van der Waals surface area contributed by atoms with Gasteiger partial charge >= 0.3 is 11.9 Å². The normalized spacial score (nSPS) is 40.8. The Morgan fingerprint density at radius 2 is 1.44 bits per heavy atom. The number of hydrogen-bond acceptors (Lipinski definition) is 5. The summed E-state index contributed by atoms with van der Waals surface area (Å²) in [5.41, 5.74) is 0.692. The van der Waals surface area contributed by atoms with Crippen LogP contribution in [0.4, 0.5) is 0 Å². The average Bonchev–Trinajstić information content (AvgIpc) is 3.35. The summed E-state index contributed by atoms with van der Waals surface area (Å²) in [6.45, 7) is 13.3. The predicted octanol–water partition coefficient (Wildman–Crippen LogP) is 5.87. The number of ether oxygens (including phenoxy) is 3. The largest absolute Gasteiger partial charge is 0.462 e. The molecule has 5 heteroatoms. The summed E-state index contributed by atoms with van der Waals surface area (Å²) < 4.78 is 18.1. The summed E-state index contributed by atoms with van der Waals surface area (Å²) in [6, 6.07) is 0. The molecule has 2 bridgehead atoms. The van der Waals surface area contributed by atoms with Gasteiger partial charge in [-0.2, -0.15) is 0 Å². The molecule has 2 heterocycles. The highest BCUT2D eigenvalue weighted by atomic mass is 16.6. The fourth-order valence-corrected chi connectivity index (χ4v) is 6.70. The zero-order chi connectivity index (χ0) is 24.6. The second kappa shape index (κ2) is 10.6. The Morgan fingerprint density at radius 1 is 0.882 bits per heavy atom. The first-order valence-electron chi connectivity index (χ1n) is 13.6. The molecule has 0 N–H and O–H groups in total. The van der Waals surface area contributed by atoms with E-state index in [-0.39, 0.29) is 36.4 Å². The zero-order valence-electron chi connectivity index (χ0n) is 21.9. The molecule has 3 fully saturated rings. The van der Waals surface area contributed by atoms with Crippen LogP contribution < -0.4 is 0 Å². The van der Waals surface area contributed by atoms with Crippen LogP contribution in [0.1, 0.15) is 80.1 Å². The molecule has 4 rings (SSSR count). The van der Waals surface area contributed by atoms with Gasteiger partial charge in [0.1, 0.15) is 18.1 Å². The molecule has 190 valence electrons. The van der Waals surface area contributed by atoms with Gasteiger partial charge in [0.05, 0.1) is 12.2 Å². The fourth-order valence-electron chi connectivity index (χ4n) is 6.70. The molecule has 0 aromatic carbocycles. The summed E-state index contributed by atoms with van der Waals surface area (Å²) in [5.74, 6) is 1.66. The van der Waals surface area contributed by atoms with Crippen molar-refractivity contribution < 1.29 is 23.8 Å². The topological polar surface area (TPSA) is 61.8 Å². The monoisotopic (exact) mass is 472 g/mol. The molecule has 4 aliphatic rings. The van der Waals surface area contributed by atoms with Crippen LogP contribution in [0.15, 0.2) is 23.8 Å². The summed E-state index contributed by atoms with van der Waals surface area (Å²) in [7, 11) is 0. The molecule has 5 nitrogen and oxygen atoms in total. The molecule has 1 saturated heterocycles. The van der Waals surface area contributed by atoms with Gasteiger partial charge in [0.15, 0.2) is 0 Å². The van der Waals surface area contributed by atoms with Crippen LogP contribution in [0.3, 0.4) is 0 Å². The molecule has 0 amide bonds. The van der Waals surface area contributed by atoms with E-state index in [0.29, 0.717) is 41.1 Å². The quantitative estimate of drug-likeness (QED) is 0.275. The summed E-state index contributed by atoms with van der Waals surface area (Å²) in [6.07, 6.45) is 10.9. The molecule has 2 saturated carbocycles.